The number of benzene rings is 3. The maximum Gasteiger partial charge on any atom is 0.264 e. The number of fused-ring (bicyclic) bond motifs is 1. The van der Waals surface area contributed by atoms with Gasteiger partial charge < -0.3 is 10.4 Å². The number of hydrogen-bond acceptors (Lipinski definition) is 4. The molecule has 5 heterocycles. The summed E-state index contributed by atoms with van der Waals surface area (Å²) in [6.45, 7) is 2.58. The number of anilines is 1. The molecule has 0 saturated carbocycles. The molecule has 4 bridgehead atoms. The fourth-order valence-corrected chi connectivity index (χ4v) is 7.18. The van der Waals surface area contributed by atoms with Crippen LogP contribution in [0.3, 0.4) is 0 Å². The molecular weight excluding hydrogens is 398 g/mol. The van der Waals surface area contributed by atoms with Gasteiger partial charge in [-0.25, -0.2) is 0 Å². The average Bonchev–Trinajstić information content (AvgIpc) is 3.12. The third kappa shape index (κ3) is 1.98. The highest BCUT2D eigenvalue weighted by Crippen LogP contribution is 2.60. The fraction of sp³-hybridized carbons (Fsp3) is 0.296. The lowest BCUT2D eigenvalue weighted by atomic mass is 9.53. The minimum Gasteiger partial charge on any atom is -0.391 e. The summed E-state index contributed by atoms with van der Waals surface area (Å²) in [6, 6.07) is 28.8. The number of amides is 1. The number of rotatable bonds is 2. The number of piperidine rings is 2. The van der Waals surface area contributed by atoms with E-state index in [9.17, 15) is 9.90 Å². The van der Waals surface area contributed by atoms with E-state index in [-0.39, 0.29) is 5.91 Å². The lowest BCUT2D eigenvalue weighted by Crippen LogP contribution is -2.87. The Morgan fingerprint density at radius 1 is 0.719 bits per heavy atom. The number of nitrogens with zero attached hydrogens (tertiary/aromatic N) is 2. The van der Waals surface area contributed by atoms with Crippen LogP contribution in [0.5, 0.6) is 0 Å². The molecule has 5 aliphatic rings. The predicted octanol–water partition coefficient (Wildman–Crippen LogP) is 2.67. The van der Waals surface area contributed by atoms with Crippen LogP contribution in [-0.4, -0.2) is 53.1 Å². The van der Waals surface area contributed by atoms with E-state index in [0.29, 0.717) is 26.2 Å². The van der Waals surface area contributed by atoms with Crippen molar-refractivity contribution in [2.24, 2.45) is 0 Å². The Bertz CT molecular complexity index is 1150. The van der Waals surface area contributed by atoms with Crippen LogP contribution < -0.4 is 5.32 Å². The minimum absolute atomic E-state index is 0.0263. The summed E-state index contributed by atoms with van der Waals surface area (Å²) in [6.07, 6.45) is -0.538. The van der Waals surface area contributed by atoms with Gasteiger partial charge in [0, 0.05) is 48.3 Å². The lowest BCUT2D eigenvalue weighted by Gasteiger charge is -2.72. The first-order chi connectivity index (χ1) is 15.6. The number of para-hydroxylation sites is 1. The van der Waals surface area contributed by atoms with Crippen molar-refractivity contribution in [2.75, 3.05) is 31.5 Å². The van der Waals surface area contributed by atoms with Gasteiger partial charge in [-0.15, -0.1) is 0 Å². The van der Waals surface area contributed by atoms with Gasteiger partial charge in [-0.2, -0.15) is 0 Å². The Morgan fingerprint density at radius 2 is 1.19 bits per heavy atom. The van der Waals surface area contributed by atoms with E-state index in [0.717, 1.165) is 22.4 Å². The highest BCUT2D eigenvalue weighted by Gasteiger charge is 2.73. The fourth-order valence-electron chi connectivity index (χ4n) is 7.18. The first-order valence-electron chi connectivity index (χ1n) is 11.3. The van der Waals surface area contributed by atoms with Crippen molar-refractivity contribution in [3.05, 3.63) is 102 Å². The Kier molecular flexibility index (Phi) is 3.52. The van der Waals surface area contributed by atoms with Crippen molar-refractivity contribution in [3.63, 3.8) is 0 Å². The van der Waals surface area contributed by atoms with Crippen LogP contribution in [0.2, 0.25) is 0 Å². The Morgan fingerprint density at radius 3 is 1.72 bits per heavy atom. The van der Waals surface area contributed by atoms with Crippen LogP contribution >= 0.6 is 0 Å². The van der Waals surface area contributed by atoms with Crippen molar-refractivity contribution in [1.29, 1.82) is 0 Å². The summed E-state index contributed by atoms with van der Waals surface area (Å²) in [7, 11) is 0. The molecule has 3 aromatic carbocycles. The molecule has 3 aromatic rings. The van der Waals surface area contributed by atoms with E-state index >= 15 is 0 Å². The zero-order valence-electron chi connectivity index (χ0n) is 17.7. The van der Waals surface area contributed by atoms with E-state index in [1.165, 1.54) is 0 Å². The molecule has 1 amide bonds. The van der Waals surface area contributed by atoms with Crippen molar-refractivity contribution < 1.29 is 9.90 Å². The van der Waals surface area contributed by atoms with E-state index in [1.54, 1.807) is 0 Å². The lowest BCUT2D eigenvalue weighted by molar-refractivity contribution is -0.245. The normalized spacial score (nSPS) is 38.7. The highest BCUT2D eigenvalue weighted by atomic mass is 16.3. The van der Waals surface area contributed by atoms with E-state index in [2.05, 4.69) is 45.4 Å². The van der Waals surface area contributed by atoms with Gasteiger partial charge in [0.15, 0.2) is 5.66 Å². The van der Waals surface area contributed by atoms with Gasteiger partial charge in [-0.1, -0.05) is 78.9 Å². The molecule has 32 heavy (non-hydrogen) atoms. The van der Waals surface area contributed by atoms with Gasteiger partial charge in [-0.05, 0) is 17.2 Å². The molecular formula is C27H25N3O2. The zero-order chi connectivity index (χ0) is 21.6. The van der Waals surface area contributed by atoms with Gasteiger partial charge in [0.25, 0.3) is 5.91 Å². The Balaban J connectivity index is 1.47. The topological polar surface area (TPSA) is 55.8 Å². The quantitative estimate of drug-likeness (QED) is 0.666. The predicted molar refractivity (Wildman–Crippen MR) is 122 cm³/mol. The maximum absolute atomic E-state index is 13.6. The third-order valence-corrected chi connectivity index (χ3v) is 8.42. The van der Waals surface area contributed by atoms with Crippen LogP contribution in [0.4, 0.5) is 5.69 Å². The summed E-state index contributed by atoms with van der Waals surface area (Å²) >= 11 is 0. The minimum atomic E-state index is -0.812. The smallest absolute Gasteiger partial charge is 0.264 e. The molecule has 0 atom stereocenters. The Hall–Kier alpha value is -2.99. The van der Waals surface area contributed by atoms with Crippen molar-refractivity contribution in [1.82, 2.24) is 9.80 Å². The maximum atomic E-state index is 13.6. The second-order valence-electron chi connectivity index (χ2n) is 9.83. The molecule has 0 aliphatic carbocycles. The monoisotopic (exact) mass is 423 g/mol. The van der Waals surface area contributed by atoms with Gasteiger partial charge >= 0.3 is 0 Å². The molecule has 5 heteroatoms. The number of aliphatic hydroxyl groups excluding tert-OH is 1. The molecule has 0 unspecified atom stereocenters. The summed E-state index contributed by atoms with van der Waals surface area (Å²) < 4.78 is 0. The van der Waals surface area contributed by atoms with Gasteiger partial charge in [0.2, 0.25) is 0 Å². The number of carbonyl (C=O) groups is 1. The van der Waals surface area contributed by atoms with Crippen LogP contribution in [0.1, 0.15) is 16.7 Å². The second-order valence-corrected chi connectivity index (χ2v) is 9.83. The molecule has 5 aliphatic heterocycles. The van der Waals surface area contributed by atoms with Crippen molar-refractivity contribution in [3.8, 4) is 0 Å². The van der Waals surface area contributed by atoms with Gasteiger partial charge in [0.1, 0.15) is 0 Å². The molecule has 2 N–H and O–H groups in total. The number of nitrogens with one attached hydrogen (secondary N) is 1. The second kappa shape index (κ2) is 6.07. The molecule has 1 spiro atoms. The highest BCUT2D eigenvalue weighted by molar-refractivity contribution is 6.06. The number of aliphatic hydroxyl groups is 1. The van der Waals surface area contributed by atoms with Crippen LogP contribution in [0, 0.1) is 0 Å². The summed E-state index contributed by atoms with van der Waals surface area (Å²) in [4.78, 5) is 18.3. The SMILES string of the molecule is O=C1Nc2ccccc2C12N1CC3(c4ccccc4)CN2CC(c2ccccc2)(C1)C3O. The first kappa shape index (κ1) is 18.6. The van der Waals surface area contributed by atoms with Crippen molar-refractivity contribution in [2.45, 2.75) is 22.6 Å². The van der Waals surface area contributed by atoms with E-state index in [4.69, 9.17) is 0 Å². The Labute approximate surface area is 187 Å². The van der Waals surface area contributed by atoms with Crippen LogP contribution in [0.25, 0.3) is 0 Å². The third-order valence-electron chi connectivity index (χ3n) is 8.42. The van der Waals surface area contributed by atoms with Crippen LogP contribution in [0.15, 0.2) is 84.9 Å². The molecule has 8 rings (SSSR count). The molecule has 5 nitrogen and oxygen atoms in total. The molecule has 4 fully saturated rings. The largest absolute Gasteiger partial charge is 0.391 e. The van der Waals surface area contributed by atoms with E-state index < -0.39 is 22.6 Å². The number of carbonyl (C=O) groups excluding carboxylic acids is 1. The molecule has 0 radical (unpaired) electrons. The summed E-state index contributed by atoms with van der Waals surface area (Å²) in [5.74, 6) is 0.0263. The van der Waals surface area contributed by atoms with E-state index in [1.807, 2.05) is 54.6 Å². The van der Waals surface area contributed by atoms with Crippen LogP contribution in [-0.2, 0) is 21.3 Å². The first-order valence-corrected chi connectivity index (χ1v) is 11.3. The molecule has 160 valence electrons. The van der Waals surface area contributed by atoms with Crippen molar-refractivity contribution >= 4 is 11.6 Å². The summed E-state index contributed by atoms with van der Waals surface area (Å²) in [5, 5.41) is 15.2. The standard InChI is InChI=1S/C27H25N3O2/c31-23-25(19-9-3-1-4-10-19)15-29-17-26(23,20-11-5-2-6-12-20)18-30(16-25)27(29)21-13-7-8-14-22(21)28-24(27)32/h1-14,23,31H,15-18H2,(H,28,32). The number of hydrogen-bond donors (Lipinski definition) is 2. The van der Waals surface area contributed by atoms with Gasteiger partial charge in [-0.3, -0.25) is 14.6 Å². The summed E-state index contributed by atoms with van der Waals surface area (Å²) in [5.41, 5.74) is 2.48. The van der Waals surface area contributed by atoms with Gasteiger partial charge in [0.05, 0.1) is 6.10 Å². The molecule has 4 saturated heterocycles. The average molecular weight is 424 g/mol. The molecule has 0 aromatic heterocycles. The zero-order valence-corrected chi connectivity index (χ0v) is 17.7.